The van der Waals surface area contributed by atoms with Crippen molar-refractivity contribution in [3.63, 3.8) is 0 Å². The summed E-state index contributed by atoms with van der Waals surface area (Å²) < 4.78 is 34.3. The first-order valence-electron chi connectivity index (χ1n) is 6.47. The molecule has 0 amide bonds. The second-order valence-corrected chi connectivity index (χ2v) is 7.34. The average Bonchev–Trinajstić information content (AvgIpc) is 2.82. The topological polar surface area (TPSA) is 107 Å². The molecular formula is C12H14BrClN2O6S. The lowest BCUT2D eigenvalue weighted by molar-refractivity contribution is -0.00405. The van der Waals surface area contributed by atoms with Crippen LogP contribution in [0.25, 0.3) is 6.08 Å². The molecule has 2 rings (SSSR count). The number of nitrogens with one attached hydrogen (secondary N) is 1. The highest BCUT2D eigenvalue weighted by Gasteiger charge is 2.39. The zero-order chi connectivity index (χ0) is 17.2. The molecule has 0 aliphatic carbocycles. The van der Waals surface area contributed by atoms with Gasteiger partial charge in [0.05, 0.1) is 17.7 Å². The van der Waals surface area contributed by atoms with E-state index in [0.29, 0.717) is 0 Å². The third-order valence-corrected chi connectivity index (χ3v) is 4.34. The maximum atomic E-state index is 12.0. The highest BCUT2D eigenvalue weighted by atomic mass is 79.9. The Morgan fingerprint density at radius 2 is 2.26 bits per heavy atom. The summed E-state index contributed by atoms with van der Waals surface area (Å²) in [7, 11) is -3.69. The van der Waals surface area contributed by atoms with Gasteiger partial charge in [0, 0.05) is 12.6 Å². The van der Waals surface area contributed by atoms with Gasteiger partial charge in [0.2, 0.25) is 0 Å². The molecule has 1 saturated heterocycles. The van der Waals surface area contributed by atoms with E-state index in [2.05, 4.69) is 20.9 Å². The van der Waals surface area contributed by atoms with Crippen molar-refractivity contribution >= 4 is 43.7 Å². The molecular weight excluding hydrogens is 416 g/mol. The SMILES string of the molecule is CS(=O)(=O)O[C@H]1C[C@H](n2cc(C=CBr)c(=O)[nH]c2=O)O[C@@H]1CCl. The van der Waals surface area contributed by atoms with Crippen molar-refractivity contribution in [1.82, 2.24) is 9.55 Å². The minimum Gasteiger partial charge on any atom is -0.351 e. The maximum Gasteiger partial charge on any atom is 0.330 e. The lowest BCUT2D eigenvalue weighted by Crippen LogP contribution is -2.33. The number of ether oxygens (including phenoxy) is 1. The van der Waals surface area contributed by atoms with Gasteiger partial charge in [0.1, 0.15) is 18.4 Å². The van der Waals surface area contributed by atoms with Crippen molar-refractivity contribution in [2.45, 2.75) is 24.9 Å². The van der Waals surface area contributed by atoms with E-state index in [1.165, 1.54) is 21.8 Å². The summed E-state index contributed by atoms with van der Waals surface area (Å²) in [5, 5.41) is 0. The Bertz CT molecular complexity index is 818. The molecule has 0 unspecified atom stereocenters. The quantitative estimate of drug-likeness (QED) is 0.547. The molecule has 1 N–H and O–H groups in total. The van der Waals surface area contributed by atoms with Crippen LogP contribution in [-0.2, 0) is 19.0 Å². The summed E-state index contributed by atoms with van der Waals surface area (Å²) in [4.78, 5) is 27.3. The van der Waals surface area contributed by atoms with Gasteiger partial charge >= 0.3 is 5.69 Å². The average molecular weight is 430 g/mol. The molecule has 2 heterocycles. The summed E-state index contributed by atoms with van der Waals surface area (Å²) in [5.41, 5.74) is -0.974. The third kappa shape index (κ3) is 4.54. The van der Waals surface area contributed by atoms with Crippen LogP contribution < -0.4 is 11.2 Å². The maximum absolute atomic E-state index is 12.0. The Morgan fingerprint density at radius 1 is 1.57 bits per heavy atom. The van der Waals surface area contributed by atoms with E-state index in [4.69, 9.17) is 20.5 Å². The Balaban J connectivity index is 2.34. The first kappa shape index (κ1) is 18.4. The van der Waals surface area contributed by atoms with Crippen LogP contribution >= 0.6 is 27.5 Å². The van der Waals surface area contributed by atoms with Crippen LogP contribution in [0.15, 0.2) is 20.8 Å². The van der Waals surface area contributed by atoms with Gasteiger partial charge in [-0.25, -0.2) is 4.79 Å². The van der Waals surface area contributed by atoms with Crippen LogP contribution in [0.2, 0.25) is 0 Å². The van der Waals surface area contributed by atoms with Gasteiger partial charge in [0.15, 0.2) is 0 Å². The van der Waals surface area contributed by atoms with Gasteiger partial charge in [-0.2, -0.15) is 8.42 Å². The van der Waals surface area contributed by atoms with E-state index < -0.39 is 39.8 Å². The van der Waals surface area contributed by atoms with Crippen LogP contribution in [0.4, 0.5) is 0 Å². The monoisotopic (exact) mass is 428 g/mol. The van der Waals surface area contributed by atoms with Crippen molar-refractivity contribution in [2.24, 2.45) is 0 Å². The van der Waals surface area contributed by atoms with Gasteiger partial charge in [-0.15, -0.1) is 11.6 Å². The number of nitrogens with zero attached hydrogens (tertiary/aromatic N) is 1. The second kappa shape index (κ2) is 7.31. The minimum atomic E-state index is -3.69. The fourth-order valence-corrected chi connectivity index (χ4v) is 3.45. The van der Waals surface area contributed by atoms with Gasteiger partial charge < -0.3 is 4.74 Å². The van der Waals surface area contributed by atoms with Crippen LogP contribution in [-0.4, -0.2) is 42.3 Å². The lowest BCUT2D eigenvalue weighted by atomic mass is 10.2. The molecule has 128 valence electrons. The van der Waals surface area contributed by atoms with Gasteiger partial charge in [0.25, 0.3) is 15.7 Å². The summed E-state index contributed by atoms with van der Waals surface area (Å²) in [6.45, 7) is 0. The molecule has 1 aliphatic rings. The first-order chi connectivity index (χ1) is 10.7. The molecule has 8 nitrogen and oxygen atoms in total. The molecule has 1 aliphatic heterocycles. The van der Waals surface area contributed by atoms with Crippen molar-refractivity contribution in [2.75, 3.05) is 12.1 Å². The number of hydrogen-bond acceptors (Lipinski definition) is 6. The minimum absolute atomic E-state index is 0.00293. The first-order valence-corrected chi connectivity index (χ1v) is 9.73. The number of rotatable bonds is 5. The van der Waals surface area contributed by atoms with Gasteiger partial charge in [-0.3, -0.25) is 18.5 Å². The van der Waals surface area contributed by atoms with E-state index in [1.807, 2.05) is 0 Å². The summed E-state index contributed by atoms with van der Waals surface area (Å²) in [5.74, 6) is 0.00293. The van der Waals surface area contributed by atoms with Crippen molar-refractivity contribution in [1.29, 1.82) is 0 Å². The van der Waals surface area contributed by atoms with Gasteiger partial charge in [-0.05, 0) is 11.1 Å². The standard InChI is InChI=1S/C12H14BrClN2O6S/c1-23(19,20)22-8-4-10(21-9(8)5-14)16-6-7(2-3-13)11(17)15-12(16)18/h2-3,6,8-10H,4-5H2,1H3,(H,15,17,18)/t8-,9+,10+/m0/s1. The summed E-state index contributed by atoms with van der Waals surface area (Å²) in [6, 6.07) is 0. The highest BCUT2D eigenvalue weighted by molar-refractivity contribution is 9.11. The Morgan fingerprint density at radius 3 is 2.83 bits per heavy atom. The second-order valence-electron chi connectivity index (χ2n) is 4.90. The van der Waals surface area contributed by atoms with E-state index in [0.717, 1.165) is 6.26 Å². The van der Waals surface area contributed by atoms with Crippen molar-refractivity contribution in [3.8, 4) is 0 Å². The molecule has 11 heteroatoms. The number of halogens is 2. The normalized spacial score (nSPS) is 25.3. The van der Waals surface area contributed by atoms with Gasteiger partial charge in [-0.1, -0.05) is 15.9 Å². The largest absolute Gasteiger partial charge is 0.351 e. The zero-order valence-corrected chi connectivity index (χ0v) is 15.1. The predicted molar refractivity (Wildman–Crippen MR) is 88.2 cm³/mol. The molecule has 0 bridgehead atoms. The number of aromatic nitrogens is 2. The molecule has 0 saturated carbocycles. The highest BCUT2D eigenvalue weighted by Crippen LogP contribution is 2.31. The van der Waals surface area contributed by atoms with E-state index >= 15 is 0 Å². The third-order valence-electron chi connectivity index (χ3n) is 3.18. The Hall–Kier alpha value is -0.940. The number of alkyl halides is 1. The van der Waals surface area contributed by atoms with E-state index in [9.17, 15) is 18.0 Å². The van der Waals surface area contributed by atoms with Crippen LogP contribution in [0.3, 0.4) is 0 Å². The molecule has 0 spiro atoms. The molecule has 0 radical (unpaired) electrons. The summed E-state index contributed by atoms with van der Waals surface area (Å²) >= 11 is 8.82. The number of aromatic amines is 1. The van der Waals surface area contributed by atoms with Crippen LogP contribution in [0.1, 0.15) is 18.2 Å². The number of hydrogen-bond donors (Lipinski definition) is 1. The van der Waals surface area contributed by atoms with Crippen molar-refractivity contribution < 1.29 is 17.3 Å². The van der Waals surface area contributed by atoms with E-state index in [1.54, 1.807) is 0 Å². The fraction of sp³-hybridized carbons (Fsp3) is 0.500. The van der Waals surface area contributed by atoms with E-state index in [-0.39, 0.29) is 17.9 Å². The zero-order valence-electron chi connectivity index (χ0n) is 11.9. The molecule has 0 aromatic carbocycles. The van der Waals surface area contributed by atoms with Crippen LogP contribution in [0.5, 0.6) is 0 Å². The lowest BCUT2D eigenvalue weighted by Gasteiger charge is -2.15. The molecule has 1 fully saturated rings. The predicted octanol–water partition coefficient (Wildman–Crippen LogP) is 0.773. The fourth-order valence-electron chi connectivity index (χ4n) is 2.24. The smallest absolute Gasteiger partial charge is 0.330 e. The molecule has 23 heavy (non-hydrogen) atoms. The van der Waals surface area contributed by atoms with Crippen LogP contribution in [0, 0.1) is 0 Å². The molecule has 3 atom stereocenters. The van der Waals surface area contributed by atoms with Crippen molar-refractivity contribution in [3.05, 3.63) is 37.6 Å². The summed E-state index contributed by atoms with van der Waals surface area (Å²) in [6.07, 6.45) is 1.54. The Kier molecular flexibility index (Phi) is 5.84. The number of H-pyrrole nitrogens is 1. The Labute approximate surface area is 145 Å². The molecule has 1 aromatic rings. The molecule has 1 aromatic heterocycles.